The molecule has 146 valence electrons. The number of hydrogen-bond acceptors (Lipinski definition) is 7. The maximum absolute atomic E-state index is 13.2. The van der Waals surface area contributed by atoms with Crippen molar-refractivity contribution in [1.29, 1.82) is 0 Å². The number of para-hydroxylation sites is 1. The van der Waals surface area contributed by atoms with Crippen molar-refractivity contribution in [2.45, 2.75) is 19.8 Å². The third-order valence-corrected chi connectivity index (χ3v) is 6.06. The van der Waals surface area contributed by atoms with E-state index in [1.807, 2.05) is 43.3 Å². The molecule has 8 heteroatoms. The molecule has 0 unspecified atom stereocenters. The Hall–Kier alpha value is -3.26. The van der Waals surface area contributed by atoms with Crippen LogP contribution in [0.15, 0.2) is 52.5 Å². The first-order valence-electron chi connectivity index (χ1n) is 9.62. The highest BCUT2D eigenvalue weighted by Crippen LogP contribution is 2.25. The second kappa shape index (κ2) is 7.29. The van der Waals surface area contributed by atoms with Crippen molar-refractivity contribution in [2.75, 3.05) is 23.4 Å². The van der Waals surface area contributed by atoms with Gasteiger partial charge in [-0.05, 0) is 43.5 Å². The fourth-order valence-corrected chi connectivity index (χ4v) is 4.47. The van der Waals surface area contributed by atoms with Crippen LogP contribution in [0.5, 0.6) is 0 Å². The largest absolute Gasteiger partial charge is 0.356 e. The van der Waals surface area contributed by atoms with E-state index in [0.29, 0.717) is 22.2 Å². The van der Waals surface area contributed by atoms with E-state index >= 15 is 0 Å². The minimum Gasteiger partial charge on any atom is -0.356 e. The zero-order chi connectivity index (χ0) is 19.8. The Labute approximate surface area is 171 Å². The van der Waals surface area contributed by atoms with Gasteiger partial charge in [0, 0.05) is 19.3 Å². The van der Waals surface area contributed by atoms with Crippen molar-refractivity contribution >= 4 is 44.4 Å². The summed E-state index contributed by atoms with van der Waals surface area (Å²) >= 11 is 1.53. The van der Waals surface area contributed by atoms with Gasteiger partial charge in [0.25, 0.3) is 5.56 Å². The van der Waals surface area contributed by atoms with Crippen LogP contribution in [0.25, 0.3) is 15.9 Å². The molecule has 1 N–H and O–H groups in total. The van der Waals surface area contributed by atoms with Crippen molar-refractivity contribution in [3.05, 3.63) is 64.1 Å². The van der Waals surface area contributed by atoms with Crippen LogP contribution in [-0.2, 0) is 0 Å². The number of aromatic nitrogens is 3. The molecule has 1 fully saturated rings. The Morgan fingerprint density at radius 2 is 1.97 bits per heavy atom. The molecule has 0 amide bonds. The van der Waals surface area contributed by atoms with E-state index in [9.17, 15) is 4.79 Å². The minimum absolute atomic E-state index is 0.115. The monoisotopic (exact) mass is 404 g/mol. The van der Waals surface area contributed by atoms with Crippen LogP contribution in [-0.4, -0.2) is 33.7 Å². The van der Waals surface area contributed by atoms with Gasteiger partial charge < -0.3 is 4.90 Å². The molecule has 1 aliphatic rings. The van der Waals surface area contributed by atoms with Crippen LogP contribution in [0.4, 0.5) is 10.9 Å². The zero-order valence-electron chi connectivity index (χ0n) is 16.0. The van der Waals surface area contributed by atoms with E-state index in [-0.39, 0.29) is 5.56 Å². The summed E-state index contributed by atoms with van der Waals surface area (Å²) < 4.78 is 2.68. The summed E-state index contributed by atoms with van der Waals surface area (Å²) in [6.07, 6.45) is 5.54. The van der Waals surface area contributed by atoms with Gasteiger partial charge in [0.1, 0.15) is 17.0 Å². The van der Waals surface area contributed by atoms with Crippen molar-refractivity contribution in [1.82, 2.24) is 14.4 Å². The Bertz CT molecular complexity index is 1250. The van der Waals surface area contributed by atoms with Gasteiger partial charge in [-0.1, -0.05) is 29.5 Å². The Morgan fingerprint density at radius 1 is 1.14 bits per heavy atom. The van der Waals surface area contributed by atoms with Gasteiger partial charge in [-0.25, -0.2) is 9.97 Å². The third kappa shape index (κ3) is 3.25. The van der Waals surface area contributed by atoms with Gasteiger partial charge in [-0.15, -0.1) is 0 Å². The van der Waals surface area contributed by atoms with E-state index in [0.717, 1.165) is 41.7 Å². The predicted octanol–water partition coefficient (Wildman–Crippen LogP) is 3.66. The average Bonchev–Trinajstić information content (AvgIpc) is 3.39. The van der Waals surface area contributed by atoms with Gasteiger partial charge >= 0.3 is 0 Å². The molecule has 0 radical (unpaired) electrons. The maximum Gasteiger partial charge on any atom is 0.268 e. The van der Waals surface area contributed by atoms with Crippen molar-refractivity contribution in [3.8, 4) is 0 Å². The summed E-state index contributed by atoms with van der Waals surface area (Å²) in [6, 6.07) is 11.8. The molecule has 7 nitrogen and oxygen atoms in total. The Morgan fingerprint density at radius 3 is 2.79 bits per heavy atom. The fraction of sp³-hybridized carbons (Fsp3) is 0.238. The third-order valence-electron chi connectivity index (χ3n) is 5.12. The molecule has 0 aliphatic carbocycles. The minimum atomic E-state index is -0.115. The maximum atomic E-state index is 13.2. The van der Waals surface area contributed by atoms with Gasteiger partial charge in [0.15, 0.2) is 0 Å². The summed E-state index contributed by atoms with van der Waals surface area (Å²) in [5.41, 5.74) is 5.93. The standard InChI is InChI=1S/C21H20N6OS/c1-14-7-6-12-27-18(14)24-19(26-10-4-5-11-26)15(20(27)28)13-22-25-21-23-16-8-2-3-9-17(16)29-21/h2-3,6-9,12-13H,4-5,10-11H2,1H3,(H,23,25). The fourth-order valence-electron chi connectivity index (χ4n) is 3.66. The number of hydrazone groups is 1. The molecule has 4 heterocycles. The van der Waals surface area contributed by atoms with Crippen molar-refractivity contribution in [3.63, 3.8) is 0 Å². The summed E-state index contributed by atoms with van der Waals surface area (Å²) in [5, 5.41) is 5.01. The van der Waals surface area contributed by atoms with Crippen LogP contribution in [0, 0.1) is 6.92 Å². The highest BCUT2D eigenvalue weighted by atomic mass is 32.1. The molecule has 0 spiro atoms. The van der Waals surface area contributed by atoms with Crippen LogP contribution in [0.2, 0.25) is 0 Å². The number of rotatable bonds is 4. The second-order valence-electron chi connectivity index (χ2n) is 7.09. The second-order valence-corrected chi connectivity index (χ2v) is 8.12. The number of anilines is 2. The molecule has 1 saturated heterocycles. The van der Waals surface area contributed by atoms with E-state index in [4.69, 9.17) is 4.98 Å². The van der Waals surface area contributed by atoms with Crippen molar-refractivity contribution < 1.29 is 0 Å². The topological polar surface area (TPSA) is 74.9 Å². The van der Waals surface area contributed by atoms with Gasteiger partial charge in [-0.3, -0.25) is 14.6 Å². The number of fused-ring (bicyclic) bond motifs is 2. The van der Waals surface area contributed by atoms with Crippen LogP contribution >= 0.6 is 11.3 Å². The smallest absolute Gasteiger partial charge is 0.268 e. The molecule has 3 aromatic heterocycles. The number of benzene rings is 1. The predicted molar refractivity (Wildman–Crippen MR) is 118 cm³/mol. The number of pyridine rings is 1. The van der Waals surface area contributed by atoms with E-state index in [1.165, 1.54) is 11.3 Å². The lowest BCUT2D eigenvalue weighted by Crippen LogP contribution is -2.28. The molecular formula is C21H20N6OS. The first-order chi connectivity index (χ1) is 14.2. The normalized spacial score (nSPS) is 14.4. The first kappa shape index (κ1) is 17.8. The molecule has 1 aliphatic heterocycles. The van der Waals surface area contributed by atoms with Gasteiger partial charge in [0.2, 0.25) is 5.13 Å². The quantitative estimate of drug-likeness (QED) is 0.415. The molecule has 5 rings (SSSR count). The molecule has 0 bridgehead atoms. The van der Waals surface area contributed by atoms with Crippen LogP contribution < -0.4 is 15.9 Å². The summed E-state index contributed by atoms with van der Waals surface area (Å²) in [7, 11) is 0. The number of nitrogens with zero attached hydrogens (tertiary/aromatic N) is 5. The Balaban J connectivity index is 1.55. The van der Waals surface area contributed by atoms with Gasteiger partial charge in [-0.2, -0.15) is 5.10 Å². The molecule has 1 aromatic carbocycles. The summed E-state index contributed by atoms with van der Waals surface area (Å²) in [4.78, 5) is 24.7. The molecule has 0 saturated carbocycles. The summed E-state index contributed by atoms with van der Waals surface area (Å²) in [5.74, 6) is 0.705. The first-order valence-corrected chi connectivity index (χ1v) is 10.4. The lowest BCUT2D eigenvalue weighted by molar-refractivity contribution is 0.914. The highest BCUT2D eigenvalue weighted by Gasteiger charge is 2.21. The van der Waals surface area contributed by atoms with Crippen LogP contribution in [0.3, 0.4) is 0 Å². The number of thiazole rings is 1. The average molecular weight is 404 g/mol. The lowest BCUT2D eigenvalue weighted by atomic mass is 10.2. The zero-order valence-corrected chi connectivity index (χ0v) is 16.8. The number of hydrogen-bond donors (Lipinski definition) is 1. The highest BCUT2D eigenvalue weighted by molar-refractivity contribution is 7.22. The van der Waals surface area contributed by atoms with E-state index < -0.39 is 0 Å². The van der Waals surface area contributed by atoms with Gasteiger partial charge in [0.05, 0.1) is 16.4 Å². The SMILES string of the molecule is Cc1cccn2c(=O)c(C=NNc3nc4ccccc4s3)c(N3CCCC3)nc12. The Kier molecular flexibility index (Phi) is 4.48. The van der Waals surface area contributed by atoms with Crippen LogP contribution in [0.1, 0.15) is 24.0 Å². The molecular weight excluding hydrogens is 384 g/mol. The summed E-state index contributed by atoms with van der Waals surface area (Å²) in [6.45, 7) is 3.78. The number of aryl methyl sites for hydroxylation is 1. The molecule has 4 aromatic rings. The number of nitrogens with one attached hydrogen (secondary N) is 1. The lowest BCUT2D eigenvalue weighted by Gasteiger charge is -2.19. The molecule has 29 heavy (non-hydrogen) atoms. The van der Waals surface area contributed by atoms with Crippen molar-refractivity contribution in [2.24, 2.45) is 5.10 Å². The molecule has 0 atom stereocenters. The van der Waals surface area contributed by atoms with E-state index in [1.54, 1.807) is 16.8 Å². The van der Waals surface area contributed by atoms with E-state index in [2.05, 4.69) is 20.4 Å².